The number of aryl methyl sites for hydroxylation is 1. The summed E-state index contributed by atoms with van der Waals surface area (Å²) in [5.41, 5.74) is 1.35. The average Bonchev–Trinajstić information content (AvgIpc) is 2.78. The van der Waals surface area contributed by atoms with Crippen LogP contribution in [0.2, 0.25) is 0 Å². The van der Waals surface area contributed by atoms with E-state index in [9.17, 15) is 18.0 Å². The van der Waals surface area contributed by atoms with E-state index in [0.717, 1.165) is 5.69 Å². The molecule has 0 unspecified atom stereocenters. The number of hydrogen-bond acceptors (Lipinski definition) is 2. The van der Waals surface area contributed by atoms with Crippen LogP contribution in [0.5, 0.6) is 0 Å². The number of nitrogens with zero attached hydrogens (tertiary/aromatic N) is 2. The number of carbonyl (C=O) groups excluding carboxylic acids is 1. The van der Waals surface area contributed by atoms with Crippen LogP contribution in [0.15, 0.2) is 36.4 Å². The standard InChI is InChI=1S/C13H12F3N3O/c1-9-7-11(12(20)17-8-13(14,15)16)18-19(9)10-5-3-2-4-6-10/h2-7H,8H2,1H3,(H,17,20). The summed E-state index contributed by atoms with van der Waals surface area (Å²) in [6, 6.07) is 10.5. The minimum atomic E-state index is -4.44. The Labute approximate surface area is 113 Å². The van der Waals surface area contributed by atoms with Gasteiger partial charge in [0.1, 0.15) is 6.54 Å². The predicted octanol–water partition coefficient (Wildman–Crippen LogP) is 2.47. The van der Waals surface area contributed by atoms with Crippen LogP contribution >= 0.6 is 0 Å². The number of hydrogen-bond donors (Lipinski definition) is 1. The molecule has 0 spiro atoms. The maximum Gasteiger partial charge on any atom is 0.405 e. The Balaban J connectivity index is 2.17. The van der Waals surface area contributed by atoms with Crippen molar-refractivity contribution in [3.8, 4) is 5.69 Å². The summed E-state index contributed by atoms with van der Waals surface area (Å²) in [5.74, 6) is -0.847. The van der Waals surface area contributed by atoms with E-state index < -0.39 is 18.6 Å². The van der Waals surface area contributed by atoms with Crippen molar-refractivity contribution in [2.75, 3.05) is 6.54 Å². The molecule has 0 aliphatic carbocycles. The number of halogens is 3. The van der Waals surface area contributed by atoms with E-state index in [2.05, 4.69) is 5.10 Å². The zero-order chi connectivity index (χ0) is 14.8. The van der Waals surface area contributed by atoms with Crippen LogP contribution in [0.1, 0.15) is 16.2 Å². The van der Waals surface area contributed by atoms with Crippen molar-refractivity contribution < 1.29 is 18.0 Å². The fourth-order valence-electron chi connectivity index (χ4n) is 1.69. The maximum atomic E-state index is 12.0. The number of carbonyl (C=O) groups is 1. The molecule has 1 aromatic carbocycles. The highest BCUT2D eigenvalue weighted by Gasteiger charge is 2.28. The molecule has 2 rings (SSSR count). The molecule has 106 valence electrons. The van der Waals surface area contributed by atoms with Gasteiger partial charge in [-0.3, -0.25) is 4.79 Å². The molecule has 0 saturated heterocycles. The molecule has 0 fully saturated rings. The van der Waals surface area contributed by atoms with E-state index in [1.165, 1.54) is 10.7 Å². The van der Waals surface area contributed by atoms with Gasteiger partial charge in [-0.15, -0.1) is 0 Å². The van der Waals surface area contributed by atoms with Gasteiger partial charge in [0, 0.05) is 5.69 Å². The molecule has 20 heavy (non-hydrogen) atoms. The van der Waals surface area contributed by atoms with Crippen LogP contribution in [0.4, 0.5) is 13.2 Å². The Morgan fingerprint density at radius 1 is 1.30 bits per heavy atom. The minimum absolute atomic E-state index is 0.0457. The predicted molar refractivity (Wildman–Crippen MR) is 66.7 cm³/mol. The second-order valence-corrected chi connectivity index (χ2v) is 4.22. The third kappa shape index (κ3) is 3.37. The van der Waals surface area contributed by atoms with Gasteiger partial charge in [0.05, 0.1) is 5.69 Å². The highest BCUT2D eigenvalue weighted by atomic mass is 19.4. The van der Waals surface area contributed by atoms with E-state index in [0.29, 0.717) is 5.69 Å². The Morgan fingerprint density at radius 2 is 1.95 bits per heavy atom. The van der Waals surface area contributed by atoms with E-state index in [1.807, 2.05) is 6.07 Å². The second-order valence-electron chi connectivity index (χ2n) is 4.22. The van der Waals surface area contributed by atoms with Gasteiger partial charge in [-0.05, 0) is 25.1 Å². The third-order valence-corrected chi connectivity index (χ3v) is 2.57. The Kier molecular flexibility index (Phi) is 3.78. The first-order valence-electron chi connectivity index (χ1n) is 5.84. The lowest BCUT2D eigenvalue weighted by molar-refractivity contribution is -0.123. The average molecular weight is 283 g/mol. The van der Waals surface area contributed by atoms with Crippen molar-refractivity contribution in [2.45, 2.75) is 13.1 Å². The Bertz CT molecular complexity index is 605. The van der Waals surface area contributed by atoms with Crippen molar-refractivity contribution in [2.24, 2.45) is 0 Å². The molecular formula is C13H12F3N3O. The third-order valence-electron chi connectivity index (χ3n) is 2.57. The van der Waals surface area contributed by atoms with Gasteiger partial charge in [-0.1, -0.05) is 18.2 Å². The first-order chi connectivity index (χ1) is 9.37. The zero-order valence-electron chi connectivity index (χ0n) is 10.6. The molecule has 0 aliphatic heterocycles. The van der Waals surface area contributed by atoms with Crippen molar-refractivity contribution in [3.63, 3.8) is 0 Å². The first kappa shape index (κ1) is 14.1. The number of amides is 1. The van der Waals surface area contributed by atoms with Gasteiger partial charge >= 0.3 is 6.18 Å². The monoisotopic (exact) mass is 283 g/mol. The molecule has 0 bridgehead atoms. The van der Waals surface area contributed by atoms with E-state index in [-0.39, 0.29) is 5.69 Å². The number of aromatic nitrogens is 2. The van der Waals surface area contributed by atoms with Crippen LogP contribution in [0.25, 0.3) is 5.69 Å². The quantitative estimate of drug-likeness (QED) is 0.940. The number of para-hydroxylation sites is 1. The summed E-state index contributed by atoms with van der Waals surface area (Å²) in [6.45, 7) is 0.351. The number of alkyl halides is 3. The molecule has 0 atom stereocenters. The lowest BCUT2D eigenvalue weighted by Crippen LogP contribution is -2.33. The molecule has 2 aromatic rings. The molecule has 0 saturated carbocycles. The summed E-state index contributed by atoms with van der Waals surface area (Å²) in [7, 11) is 0. The van der Waals surface area contributed by atoms with Crippen LogP contribution in [0, 0.1) is 6.92 Å². The molecule has 7 heteroatoms. The molecule has 4 nitrogen and oxygen atoms in total. The Morgan fingerprint density at radius 3 is 2.55 bits per heavy atom. The van der Waals surface area contributed by atoms with Crippen molar-refractivity contribution >= 4 is 5.91 Å². The Hall–Kier alpha value is -2.31. The molecule has 1 heterocycles. The SMILES string of the molecule is Cc1cc(C(=O)NCC(F)(F)F)nn1-c1ccccc1. The topological polar surface area (TPSA) is 46.9 Å². The maximum absolute atomic E-state index is 12.0. The minimum Gasteiger partial charge on any atom is -0.342 e. The number of nitrogens with one attached hydrogen (secondary N) is 1. The summed E-state index contributed by atoms with van der Waals surface area (Å²) in [5, 5.41) is 5.81. The van der Waals surface area contributed by atoms with E-state index in [1.54, 1.807) is 36.5 Å². The fraction of sp³-hybridized carbons (Fsp3) is 0.231. The van der Waals surface area contributed by atoms with Gasteiger partial charge in [0.2, 0.25) is 0 Å². The van der Waals surface area contributed by atoms with Crippen LogP contribution < -0.4 is 5.32 Å². The largest absolute Gasteiger partial charge is 0.405 e. The summed E-state index contributed by atoms with van der Waals surface area (Å²) in [4.78, 5) is 11.6. The normalized spacial score (nSPS) is 11.4. The van der Waals surface area contributed by atoms with Crippen molar-refractivity contribution in [1.29, 1.82) is 0 Å². The number of rotatable bonds is 3. The van der Waals surface area contributed by atoms with Gasteiger partial charge in [-0.2, -0.15) is 18.3 Å². The molecule has 1 amide bonds. The highest BCUT2D eigenvalue weighted by molar-refractivity contribution is 5.92. The van der Waals surface area contributed by atoms with E-state index in [4.69, 9.17) is 0 Å². The van der Waals surface area contributed by atoms with Crippen molar-refractivity contribution in [1.82, 2.24) is 15.1 Å². The molecule has 1 N–H and O–H groups in total. The van der Waals surface area contributed by atoms with Crippen LogP contribution in [-0.4, -0.2) is 28.4 Å². The molecule has 0 aliphatic rings. The van der Waals surface area contributed by atoms with Gasteiger partial charge in [0.25, 0.3) is 5.91 Å². The van der Waals surface area contributed by atoms with Gasteiger partial charge < -0.3 is 5.32 Å². The molecule has 0 radical (unpaired) electrons. The zero-order valence-corrected chi connectivity index (χ0v) is 10.6. The van der Waals surface area contributed by atoms with E-state index >= 15 is 0 Å². The highest BCUT2D eigenvalue weighted by Crippen LogP contribution is 2.14. The lowest BCUT2D eigenvalue weighted by atomic mass is 10.3. The fourth-order valence-corrected chi connectivity index (χ4v) is 1.69. The van der Waals surface area contributed by atoms with Crippen molar-refractivity contribution in [3.05, 3.63) is 47.8 Å². The van der Waals surface area contributed by atoms with Gasteiger partial charge in [-0.25, -0.2) is 4.68 Å². The van der Waals surface area contributed by atoms with Gasteiger partial charge in [0.15, 0.2) is 5.69 Å². The molecular weight excluding hydrogens is 271 g/mol. The summed E-state index contributed by atoms with van der Waals surface area (Å²) in [6.07, 6.45) is -4.44. The van der Waals surface area contributed by atoms with Crippen LogP contribution in [-0.2, 0) is 0 Å². The number of benzene rings is 1. The first-order valence-corrected chi connectivity index (χ1v) is 5.84. The van der Waals surface area contributed by atoms with Crippen LogP contribution in [0.3, 0.4) is 0 Å². The summed E-state index contributed by atoms with van der Waals surface area (Å²) < 4.78 is 37.6. The molecule has 1 aromatic heterocycles. The lowest BCUT2D eigenvalue weighted by Gasteiger charge is -2.06. The second kappa shape index (κ2) is 5.36. The summed E-state index contributed by atoms with van der Waals surface area (Å²) >= 11 is 0. The smallest absolute Gasteiger partial charge is 0.342 e.